The number of carbonyl (C=O) groups excluding carboxylic acids is 1. The minimum atomic E-state index is -0.407. The fourth-order valence-electron chi connectivity index (χ4n) is 3.32. The molecule has 6 nitrogen and oxygen atoms in total. The highest BCUT2D eigenvalue weighted by molar-refractivity contribution is 5.91. The predicted octanol–water partition coefficient (Wildman–Crippen LogP) is 2.53. The molecule has 3 N–H and O–H groups in total. The zero-order valence-electron chi connectivity index (χ0n) is 14.6. The van der Waals surface area contributed by atoms with E-state index in [4.69, 9.17) is 5.73 Å². The van der Waals surface area contributed by atoms with Crippen LogP contribution in [0.25, 0.3) is 5.69 Å². The number of nitrogens with zero attached hydrogens (tertiary/aromatic N) is 3. The first-order valence-corrected chi connectivity index (χ1v) is 8.70. The van der Waals surface area contributed by atoms with E-state index in [1.54, 1.807) is 18.2 Å². The summed E-state index contributed by atoms with van der Waals surface area (Å²) in [5.41, 5.74) is 5.79. The zero-order chi connectivity index (χ0) is 18.0. The highest BCUT2D eigenvalue weighted by Gasteiger charge is 2.35. The molecule has 0 atom stereocenters. The van der Waals surface area contributed by atoms with Crippen LogP contribution in [-0.4, -0.2) is 32.8 Å². The number of rotatable bonds is 5. The van der Waals surface area contributed by atoms with Gasteiger partial charge in [0.05, 0.1) is 5.54 Å². The second kappa shape index (κ2) is 6.92. The summed E-state index contributed by atoms with van der Waals surface area (Å²) in [6.45, 7) is 4.26. The van der Waals surface area contributed by atoms with Crippen LogP contribution < -0.4 is 11.1 Å². The number of hydrogen-bond acceptors (Lipinski definition) is 4. The molecule has 2 aromatic rings. The van der Waals surface area contributed by atoms with E-state index in [1.165, 1.54) is 10.7 Å². The lowest BCUT2D eigenvalue weighted by atomic mass is 9.98. The van der Waals surface area contributed by atoms with E-state index in [9.17, 15) is 9.18 Å². The Hall–Kier alpha value is -2.28. The minimum Gasteiger partial charge on any atom is -0.343 e. The van der Waals surface area contributed by atoms with Gasteiger partial charge in [-0.15, -0.1) is 5.10 Å². The summed E-state index contributed by atoms with van der Waals surface area (Å²) in [5.74, 6) is -0.182. The van der Waals surface area contributed by atoms with Gasteiger partial charge < -0.3 is 11.1 Å². The van der Waals surface area contributed by atoms with E-state index < -0.39 is 5.82 Å². The van der Waals surface area contributed by atoms with Crippen molar-refractivity contribution in [1.29, 1.82) is 0 Å². The molecule has 1 heterocycles. The number of hydrogen-bond donors (Lipinski definition) is 2. The average Bonchev–Trinajstić information content (AvgIpc) is 3.23. The van der Waals surface area contributed by atoms with Crippen LogP contribution in [-0.2, 0) is 0 Å². The van der Waals surface area contributed by atoms with Gasteiger partial charge in [0.25, 0.3) is 5.91 Å². The van der Waals surface area contributed by atoms with Crippen LogP contribution in [0, 0.1) is 5.82 Å². The van der Waals surface area contributed by atoms with Crippen molar-refractivity contribution in [3.63, 3.8) is 0 Å². The number of carbonyl (C=O) groups is 1. The lowest BCUT2D eigenvalue weighted by Gasteiger charge is -2.27. The lowest BCUT2D eigenvalue weighted by Crippen LogP contribution is -2.51. The molecule has 0 aliphatic heterocycles. The molecule has 3 rings (SSSR count). The molecule has 1 aliphatic carbocycles. The largest absolute Gasteiger partial charge is 0.343 e. The van der Waals surface area contributed by atoms with Crippen molar-refractivity contribution in [1.82, 2.24) is 20.1 Å². The standard InChI is InChI=1S/C18H24FN5O/c1-12(2)16-21-15(17(25)22-18(11-20)9-5-6-10-18)23-24(16)14-8-4-3-7-13(14)19/h3-4,7-8,12H,5-6,9-11,20H2,1-2H3,(H,22,25). The molecule has 134 valence electrons. The third kappa shape index (κ3) is 3.42. The van der Waals surface area contributed by atoms with Gasteiger partial charge in [0.1, 0.15) is 17.3 Å². The first-order valence-electron chi connectivity index (χ1n) is 8.70. The third-order valence-electron chi connectivity index (χ3n) is 4.76. The van der Waals surface area contributed by atoms with Gasteiger partial charge >= 0.3 is 0 Å². The van der Waals surface area contributed by atoms with E-state index in [-0.39, 0.29) is 28.9 Å². The van der Waals surface area contributed by atoms with Crippen LogP contribution in [0.2, 0.25) is 0 Å². The number of halogens is 1. The molecule has 0 saturated heterocycles. The predicted molar refractivity (Wildman–Crippen MR) is 93.1 cm³/mol. The number of nitrogens with two attached hydrogens (primary N) is 1. The van der Waals surface area contributed by atoms with Crippen molar-refractivity contribution in [2.24, 2.45) is 5.73 Å². The van der Waals surface area contributed by atoms with E-state index in [1.807, 2.05) is 13.8 Å². The third-order valence-corrected chi connectivity index (χ3v) is 4.76. The topological polar surface area (TPSA) is 85.8 Å². The second-order valence-corrected chi connectivity index (χ2v) is 6.96. The maximum Gasteiger partial charge on any atom is 0.291 e. The van der Waals surface area contributed by atoms with Gasteiger partial charge in [-0.1, -0.05) is 38.8 Å². The SMILES string of the molecule is CC(C)c1nc(C(=O)NC2(CN)CCCC2)nn1-c1ccccc1F. The number of benzene rings is 1. The molecule has 0 bridgehead atoms. The van der Waals surface area contributed by atoms with Crippen LogP contribution in [0.1, 0.15) is 61.9 Å². The molecule has 1 saturated carbocycles. The van der Waals surface area contributed by atoms with Gasteiger partial charge in [0.2, 0.25) is 5.82 Å². The zero-order valence-corrected chi connectivity index (χ0v) is 14.6. The summed E-state index contributed by atoms with van der Waals surface area (Å²) in [6, 6.07) is 6.33. The fraction of sp³-hybridized carbons (Fsp3) is 0.500. The van der Waals surface area contributed by atoms with Crippen molar-refractivity contribution in [2.45, 2.75) is 51.0 Å². The molecule has 1 aromatic carbocycles. The highest BCUT2D eigenvalue weighted by atomic mass is 19.1. The van der Waals surface area contributed by atoms with Crippen molar-refractivity contribution in [3.05, 3.63) is 41.7 Å². The van der Waals surface area contributed by atoms with Gasteiger partial charge in [-0.25, -0.2) is 14.1 Å². The van der Waals surface area contributed by atoms with E-state index in [0.717, 1.165) is 25.7 Å². The van der Waals surface area contributed by atoms with E-state index in [0.29, 0.717) is 12.4 Å². The summed E-state index contributed by atoms with van der Waals surface area (Å²) in [6.07, 6.45) is 3.82. The fourth-order valence-corrected chi connectivity index (χ4v) is 3.32. The number of amides is 1. The molecule has 1 aromatic heterocycles. The summed E-state index contributed by atoms with van der Waals surface area (Å²) < 4.78 is 15.6. The van der Waals surface area contributed by atoms with Crippen molar-refractivity contribution < 1.29 is 9.18 Å². The molecule has 7 heteroatoms. The summed E-state index contributed by atoms with van der Waals surface area (Å²) in [4.78, 5) is 17.0. The van der Waals surface area contributed by atoms with Crippen molar-refractivity contribution in [3.8, 4) is 5.69 Å². The van der Waals surface area contributed by atoms with Gasteiger partial charge in [0.15, 0.2) is 0 Å². The molecular weight excluding hydrogens is 321 g/mol. The Kier molecular flexibility index (Phi) is 4.85. The van der Waals surface area contributed by atoms with Crippen molar-refractivity contribution in [2.75, 3.05) is 6.54 Å². The van der Waals surface area contributed by atoms with Gasteiger partial charge in [-0.05, 0) is 25.0 Å². The van der Waals surface area contributed by atoms with Gasteiger partial charge in [-0.2, -0.15) is 0 Å². The van der Waals surface area contributed by atoms with E-state index >= 15 is 0 Å². The molecule has 0 spiro atoms. The van der Waals surface area contributed by atoms with Crippen molar-refractivity contribution >= 4 is 5.91 Å². The molecule has 1 fully saturated rings. The first kappa shape index (κ1) is 17.5. The Bertz CT molecular complexity index is 765. The Morgan fingerprint density at radius 2 is 2.04 bits per heavy atom. The highest BCUT2D eigenvalue weighted by Crippen LogP contribution is 2.29. The molecule has 25 heavy (non-hydrogen) atoms. The van der Waals surface area contributed by atoms with Crippen LogP contribution >= 0.6 is 0 Å². The smallest absolute Gasteiger partial charge is 0.291 e. The normalized spacial score (nSPS) is 16.4. The van der Waals surface area contributed by atoms with Crippen LogP contribution in [0.15, 0.2) is 24.3 Å². The lowest BCUT2D eigenvalue weighted by molar-refractivity contribution is 0.0892. The Balaban J connectivity index is 1.94. The maximum absolute atomic E-state index is 14.2. The van der Waals surface area contributed by atoms with Crippen LogP contribution in [0.3, 0.4) is 0 Å². The van der Waals surface area contributed by atoms with Gasteiger partial charge in [-0.3, -0.25) is 4.79 Å². The van der Waals surface area contributed by atoms with Crippen LogP contribution in [0.5, 0.6) is 0 Å². The maximum atomic E-state index is 14.2. The molecule has 0 unspecified atom stereocenters. The Morgan fingerprint density at radius 1 is 1.36 bits per heavy atom. The number of aromatic nitrogens is 3. The minimum absolute atomic E-state index is 0.0106. The molecule has 1 amide bonds. The van der Waals surface area contributed by atoms with Gasteiger partial charge in [0, 0.05) is 12.5 Å². The Labute approximate surface area is 146 Å². The number of para-hydroxylation sites is 1. The monoisotopic (exact) mass is 345 g/mol. The van der Waals surface area contributed by atoms with E-state index in [2.05, 4.69) is 15.4 Å². The summed E-state index contributed by atoms with van der Waals surface area (Å²) in [7, 11) is 0. The average molecular weight is 345 g/mol. The summed E-state index contributed by atoms with van der Waals surface area (Å²) in [5, 5.41) is 7.29. The van der Waals surface area contributed by atoms with Crippen LogP contribution in [0.4, 0.5) is 4.39 Å². The summed E-state index contributed by atoms with van der Waals surface area (Å²) >= 11 is 0. The molecule has 0 radical (unpaired) electrons. The first-order chi connectivity index (χ1) is 12.0. The Morgan fingerprint density at radius 3 is 2.64 bits per heavy atom. The second-order valence-electron chi connectivity index (χ2n) is 6.96. The molecular formula is C18H24FN5O. The molecule has 1 aliphatic rings. The quantitative estimate of drug-likeness (QED) is 0.872. The number of nitrogens with one attached hydrogen (secondary N) is 1.